The van der Waals surface area contributed by atoms with Gasteiger partial charge in [-0.05, 0) is 75.3 Å². The number of hydrogen-bond acceptors (Lipinski definition) is 8. The highest BCUT2D eigenvalue weighted by molar-refractivity contribution is 7.89. The van der Waals surface area contributed by atoms with Gasteiger partial charge in [0, 0.05) is 35.8 Å². The molecule has 214 valence electrons. The van der Waals surface area contributed by atoms with Gasteiger partial charge in [0.2, 0.25) is 16.0 Å². The van der Waals surface area contributed by atoms with Crippen LogP contribution in [0.25, 0.3) is 11.0 Å². The Morgan fingerprint density at radius 3 is 2.58 bits per heavy atom. The van der Waals surface area contributed by atoms with E-state index < -0.39 is 10.0 Å². The number of nitrogens with zero attached hydrogens (tertiary/aromatic N) is 3. The van der Waals surface area contributed by atoms with Crippen LogP contribution >= 0.6 is 11.6 Å². The van der Waals surface area contributed by atoms with Gasteiger partial charge in [-0.1, -0.05) is 24.4 Å². The van der Waals surface area contributed by atoms with Crippen LogP contribution in [0.4, 0.5) is 11.6 Å². The second-order valence-electron chi connectivity index (χ2n) is 10.6. The van der Waals surface area contributed by atoms with Crippen molar-refractivity contribution in [3.05, 3.63) is 51.4 Å². The van der Waals surface area contributed by atoms with E-state index in [1.807, 2.05) is 0 Å². The number of hydrogen-bond donors (Lipinski definition) is 2. The molecule has 2 N–H and O–H groups in total. The summed E-state index contributed by atoms with van der Waals surface area (Å²) in [6.45, 7) is 2.23. The van der Waals surface area contributed by atoms with Crippen LogP contribution in [0.1, 0.15) is 63.0 Å². The largest absolute Gasteiger partial charge is 0.377 e. The van der Waals surface area contributed by atoms with Crippen molar-refractivity contribution in [2.45, 2.75) is 75.3 Å². The smallest absolute Gasteiger partial charge is 0.271 e. The number of anilines is 2. The first kappa shape index (κ1) is 28.7. The Labute approximate surface area is 238 Å². The molecule has 0 amide bonds. The Hall–Kier alpha value is -2.86. The summed E-state index contributed by atoms with van der Waals surface area (Å²) >= 11 is 6.22. The molecule has 40 heavy (non-hydrogen) atoms. The highest BCUT2D eigenvalue weighted by atomic mass is 35.5. The highest BCUT2D eigenvalue weighted by Crippen LogP contribution is 2.31. The van der Waals surface area contributed by atoms with Gasteiger partial charge in [-0.3, -0.25) is 9.36 Å². The Bertz CT molecular complexity index is 1550. The molecule has 0 saturated heterocycles. The summed E-state index contributed by atoms with van der Waals surface area (Å²) in [7, 11) is -3.73. The molecule has 0 spiro atoms. The summed E-state index contributed by atoms with van der Waals surface area (Å²) in [4.78, 5) is 33.0. The molecule has 0 bridgehead atoms. The summed E-state index contributed by atoms with van der Waals surface area (Å²) in [5.41, 5.74) is 1.62. The number of carbonyl (C=O) groups is 1. The topological polar surface area (TPSA) is 132 Å². The number of ether oxygens (including phenoxy) is 1. The molecule has 0 radical (unpaired) electrons. The number of aldehydes is 1. The molecule has 0 atom stereocenters. The van der Waals surface area contributed by atoms with Gasteiger partial charge in [-0.25, -0.2) is 18.1 Å². The zero-order chi connectivity index (χ0) is 28.3. The molecule has 10 nitrogen and oxygen atoms in total. The lowest BCUT2D eigenvalue weighted by atomic mass is 9.88. The third kappa shape index (κ3) is 6.38. The zero-order valence-electron chi connectivity index (χ0n) is 22.4. The molecule has 0 unspecified atom stereocenters. The van der Waals surface area contributed by atoms with Crippen LogP contribution < -0.4 is 15.6 Å². The predicted molar refractivity (Wildman–Crippen MR) is 154 cm³/mol. The average molecular weight is 588 g/mol. The fourth-order valence-electron chi connectivity index (χ4n) is 5.59. The van der Waals surface area contributed by atoms with E-state index in [9.17, 15) is 18.0 Å². The van der Waals surface area contributed by atoms with Gasteiger partial charge in [-0.2, -0.15) is 4.98 Å². The van der Waals surface area contributed by atoms with E-state index in [1.54, 1.807) is 35.9 Å². The normalized spacial score (nSPS) is 20.1. The summed E-state index contributed by atoms with van der Waals surface area (Å²) in [6.07, 6.45) is 9.89. The maximum absolute atomic E-state index is 12.9. The number of halogens is 1. The summed E-state index contributed by atoms with van der Waals surface area (Å²) < 4.78 is 35.8. The van der Waals surface area contributed by atoms with Gasteiger partial charge >= 0.3 is 0 Å². The molecule has 12 heteroatoms. The van der Waals surface area contributed by atoms with E-state index >= 15 is 0 Å². The minimum Gasteiger partial charge on any atom is -0.377 e. The van der Waals surface area contributed by atoms with Crippen LogP contribution in [0, 0.1) is 12.8 Å². The molecule has 2 saturated carbocycles. The lowest BCUT2D eigenvalue weighted by molar-refractivity contribution is -0.112. The van der Waals surface area contributed by atoms with Crippen LogP contribution in [0.15, 0.2) is 40.2 Å². The molecule has 2 aliphatic rings. The fraction of sp³-hybridized carbons (Fsp3) is 0.500. The molecular weight excluding hydrogens is 554 g/mol. The first-order valence-electron chi connectivity index (χ1n) is 13.8. The molecule has 3 aromatic rings. The number of benzene rings is 1. The lowest BCUT2D eigenvalue weighted by Crippen LogP contribution is -2.30. The Balaban J connectivity index is 1.25. The van der Waals surface area contributed by atoms with Crippen LogP contribution in [0.3, 0.4) is 0 Å². The molecule has 2 aliphatic carbocycles. The maximum Gasteiger partial charge on any atom is 0.271 e. The molecule has 0 aliphatic heterocycles. The summed E-state index contributed by atoms with van der Waals surface area (Å²) in [5.74, 6) is 0.419. The third-order valence-electron chi connectivity index (χ3n) is 7.83. The number of aromatic nitrogens is 3. The molecule has 2 fully saturated rings. The molecule has 2 heterocycles. The number of pyridine rings is 1. The van der Waals surface area contributed by atoms with Crippen molar-refractivity contribution < 1.29 is 17.9 Å². The van der Waals surface area contributed by atoms with Gasteiger partial charge in [-0.15, -0.1) is 0 Å². The van der Waals surface area contributed by atoms with Crippen molar-refractivity contribution in [2.24, 2.45) is 5.92 Å². The quantitative estimate of drug-likeness (QED) is 0.258. The van der Waals surface area contributed by atoms with Crippen molar-refractivity contribution in [3.8, 4) is 0 Å². The van der Waals surface area contributed by atoms with Crippen molar-refractivity contribution in [3.63, 3.8) is 0 Å². The highest BCUT2D eigenvalue weighted by Gasteiger charge is 2.23. The molecular formula is C28H34ClN5O5S. The second kappa shape index (κ2) is 12.3. The minimum atomic E-state index is -3.73. The van der Waals surface area contributed by atoms with Crippen molar-refractivity contribution in [1.29, 1.82) is 0 Å². The number of sulfonamides is 1. The van der Waals surface area contributed by atoms with Gasteiger partial charge < -0.3 is 14.8 Å². The van der Waals surface area contributed by atoms with Gasteiger partial charge in [0.05, 0.1) is 17.6 Å². The van der Waals surface area contributed by atoms with Gasteiger partial charge in [0.1, 0.15) is 17.0 Å². The van der Waals surface area contributed by atoms with E-state index in [0.29, 0.717) is 28.2 Å². The second-order valence-corrected chi connectivity index (χ2v) is 12.8. The van der Waals surface area contributed by atoms with Gasteiger partial charge in [0.15, 0.2) is 0 Å². The third-order valence-corrected chi connectivity index (χ3v) is 9.56. The SMILES string of the molecule is Cc1cc(S(=O)(=O)NCCO[C@H]2CC[C@H](C=O)CC2)ccc1Nc1ncc2cc(Cl)c(=O)n(C3CCCC3)c2n1. The van der Waals surface area contributed by atoms with E-state index in [2.05, 4.69) is 20.0 Å². The van der Waals surface area contributed by atoms with E-state index in [0.717, 1.165) is 57.7 Å². The zero-order valence-corrected chi connectivity index (χ0v) is 24.0. The van der Waals surface area contributed by atoms with Crippen molar-refractivity contribution in [2.75, 3.05) is 18.5 Å². The summed E-state index contributed by atoms with van der Waals surface area (Å²) in [6, 6.07) is 6.43. The molecule has 5 rings (SSSR count). The van der Waals surface area contributed by atoms with Crippen molar-refractivity contribution >= 4 is 50.6 Å². The Morgan fingerprint density at radius 2 is 1.88 bits per heavy atom. The average Bonchev–Trinajstić information content (AvgIpc) is 3.48. The Kier molecular flexibility index (Phi) is 8.84. The number of rotatable bonds is 10. The maximum atomic E-state index is 12.9. The van der Waals surface area contributed by atoms with Crippen LogP contribution in [0.2, 0.25) is 5.02 Å². The minimum absolute atomic E-state index is 0.0538. The first-order valence-corrected chi connectivity index (χ1v) is 15.6. The number of fused-ring (bicyclic) bond motifs is 1. The monoisotopic (exact) mass is 587 g/mol. The Morgan fingerprint density at radius 1 is 1.12 bits per heavy atom. The van der Waals surface area contributed by atoms with Crippen LogP contribution in [0.5, 0.6) is 0 Å². The van der Waals surface area contributed by atoms with Gasteiger partial charge in [0.25, 0.3) is 5.56 Å². The van der Waals surface area contributed by atoms with Crippen LogP contribution in [-0.4, -0.2) is 48.5 Å². The fourth-order valence-corrected chi connectivity index (χ4v) is 6.89. The number of nitrogens with one attached hydrogen (secondary N) is 2. The molecule has 2 aromatic heterocycles. The van der Waals surface area contributed by atoms with E-state index in [-0.39, 0.29) is 46.7 Å². The van der Waals surface area contributed by atoms with Crippen molar-refractivity contribution in [1.82, 2.24) is 19.3 Å². The standard InChI is InChI=1S/C28H34ClN5O5S/c1-18-14-23(40(37,38)31-12-13-39-22-8-6-19(17-35)7-9-22)10-11-25(18)32-28-30-16-20-15-24(29)27(36)34(26(20)33-28)21-4-2-3-5-21/h10-11,14-17,19,21-22,31H,2-9,12-13H2,1H3,(H,30,32,33)/t19-,22-. The first-order chi connectivity index (χ1) is 19.2. The lowest BCUT2D eigenvalue weighted by Gasteiger charge is -2.25. The number of carbonyl (C=O) groups excluding carboxylic acids is 1. The van der Waals surface area contributed by atoms with E-state index in [4.69, 9.17) is 16.3 Å². The number of aryl methyl sites for hydroxylation is 1. The van der Waals surface area contributed by atoms with Crippen LogP contribution in [-0.2, 0) is 19.6 Å². The van der Waals surface area contributed by atoms with E-state index in [1.165, 1.54) is 6.07 Å². The summed E-state index contributed by atoms with van der Waals surface area (Å²) in [5, 5.41) is 4.00. The molecule has 1 aromatic carbocycles. The predicted octanol–water partition coefficient (Wildman–Crippen LogP) is 4.66.